The molecule has 2 rings (SSSR count). The lowest BCUT2D eigenvalue weighted by Gasteiger charge is -2.06. The van der Waals surface area contributed by atoms with Crippen molar-refractivity contribution in [2.45, 2.75) is 13.5 Å². The van der Waals surface area contributed by atoms with Gasteiger partial charge in [0.25, 0.3) is 0 Å². The zero-order valence-electron chi connectivity index (χ0n) is 8.94. The van der Waals surface area contributed by atoms with Crippen LogP contribution in [0, 0.1) is 6.92 Å². The third-order valence-electron chi connectivity index (χ3n) is 2.26. The summed E-state index contributed by atoms with van der Waals surface area (Å²) in [5, 5.41) is 11.2. The van der Waals surface area contributed by atoms with Gasteiger partial charge in [-0.1, -0.05) is 23.4 Å². The Morgan fingerprint density at radius 1 is 1.33 bits per heavy atom. The summed E-state index contributed by atoms with van der Waals surface area (Å²) in [5.41, 5.74) is 3.32. The maximum Gasteiger partial charge on any atom is 0.102 e. The number of hydrogen-bond donors (Lipinski definition) is 1. The zero-order chi connectivity index (χ0) is 10.7. The van der Waals surface area contributed by atoms with Crippen LogP contribution in [-0.2, 0) is 13.6 Å². The van der Waals surface area contributed by atoms with Gasteiger partial charge in [0.05, 0.1) is 6.54 Å². The standard InChI is InChI=1S/C11H14N4/c1-9-5-3-4-6-11(9)12-7-10-8-15(2)14-13-10/h3-6,8,12H,7H2,1-2H3. The molecule has 0 aliphatic heterocycles. The molecule has 1 N–H and O–H groups in total. The topological polar surface area (TPSA) is 42.7 Å². The van der Waals surface area contributed by atoms with Crippen LogP contribution in [-0.4, -0.2) is 15.0 Å². The second-order valence-corrected chi connectivity index (χ2v) is 3.55. The Kier molecular flexibility index (Phi) is 2.67. The van der Waals surface area contributed by atoms with Gasteiger partial charge in [-0.25, -0.2) is 0 Å². The van der Waals surface area contributed by atoms with Gasteiger partial charge in [0.2, 0.25) is 0 Å². The minimum absolute atomic E-state index is 0.707. The van der Waals surface area contributed by atoms with Gasteiger partial charge in [0.1, 0.15) is 5.69 Å². The molecule has 1 aromatic carbocycles. The minimum atomic E-state index is 0.707. The Bertz CT molecular complexity index is 447. The van der Waals surface area contributed by atoms with Gasteiger partial charge in [-0.05, 0) is 18.6 Å². The molecular weight excluding hydrogens is 188 g/mol. The minimum Gasteiger partial charge on any atom is -0.379 e. The van der Waals surface area contributed by atoms with E-state index < -0.39 is 0 Å². The van der Waals surface area contributed by atoms with Crippen molar-refractivity contribution in [2.24, 2.45) is 7.05 Å². The summed E-state index contributed by atoms with van der Waals surface area (Å²) in [5.74, 6) is 0. The normalized spacial score (nSPS) is 10.3. The van der Waals surface area contributed by atoms with E-state index in [-0.39, 0.29) is 0 Å². The van der Waals surface area contributed by atoms with E-state index in [1.807, 2.05) is 25.4 Å². The highest BCUT2D eigenvalue weighted by Crippen LogP contribution is 2.13. The van der Waals surface area contributed by atoms with Gasteiger partial charge in [0.15, 0.2) is 0 Å². The molecule has 0 radical (unpaired) electrons. The molecular formula is C11H14N4. The van der Waals surface area contributed by atoms with Gasteiger partial charge in [0, 0.05) is 18.9 Å². The van der Waals surface area contributed by atoms with Crippen LogP contribution in [0.15, 0.2) is 30.5 Å². The van der Waals surface area contributed by atoms with Crippen molar-refractivity contribution in [3.63, 3.8) is 0 Å². The number of para-hydroxylation sites is 1. The number of nitrogens with one attached hydrogen (secondary N) is 1. The number of hydrogen-bond acceptors (Lipinski definition) is 3. The van der Waals surface area contributed by atoms with Crippen molar-refractivity contribution in [3.8, 4) is 0 Å². The lowest BCUT2D eigenvalue weighted by molar-refractivity contribution is 0.713. The third-order valence-corrected chi connectivity index (χ3v) is 2.26. The first-order valence-corrected chi connectivity index (χ1v) is 4.90. The van der Waals surface area contributed by atoms with E-state index in [0.29, 0.717) is 6.54 Å². The number of aryl methyl sites for hydroxylation is 2. The monoisotopic (exact) mass is 202 g/mol. The Labute approximate surface area is 88.9 Å². The highest BCUT2D eigenvalue weighted by Gasteiger charge is 1.99. The highest BCUT2D eigenvalue weighted by molar-refractivity contribution is 5.50. The second-order valence-electron chi connectivity index (χ2n) is 3.55. The maximum absolute atomic E-state index is 4.01. The number of anilines is 1. The maximum atomic E-state index is 4.01. The molecule has 0 saturated heterocycles. The van der Waals surface area contributed by atoms with Crippen LogP contribution in [0.2, 0.25) is 0 Å². The summed E-state index contributed by atoms with van der Waals surface area (Å²) in [6.07, 6.45) is 1.91. The van der Waals surface area contributed by atoms with Crippen molar-refractivity contribution in [1.82, 2.24) is 15.0 Å². The fourth-order valence-corrected chi connectivity index (χ4v) is 1.43. The first-order valence-electron chi connectivity index (χ1n) is 4.90. The molecule has 0 unspecified atom stereocenters. The van der Waals surface area contributed by atoms with Crippen molar-refractivity contribution in [1.29, 1.82) is 0 Å². The van der Waals surface area contributed by atoms with Crippen LogP contribution in [0.1, 0.15) is 11.3 Å². The van der Waals surface area contributed by atoms with Crippen molar-refractivity contribution in [2.75, 3.05) is 5.32 Å². The molecule has 0 saturated carbocycles. The average Bonchev–Trinajstić information content (AvgIpc) is 2.63. The Morgan fingerprint density at radius 3 is 2.80 bits per heavy atom. The van der Waals surface area contributed by atoms with Crippen LogP contribution in [0.3, 0.4) is 0 Å². The summed E-state index contributed by atoms with van der Waals surface area (Å²) < 4.78 is 1.70. The largest absolute Gasteiger partial charge is 0.379 e. The molecule has 0 aliphatic carbocycles. The molecule has 15 heavy (non-hydrogen) atoms. The first kappa shape index (κ1) is 9.71. The quantitative estimate of drug-likeness (QED) is 0.824. The predicted octanol–water partition coefficient (Wildman–Crippen LogP) is 1.74. The lowest BCUT2D eigenvalue weighted by Crippen LogP contribution is -2.01. The average molecular weight is 202 g/mol. The smallest absolute Gasteiger partial charge is 0.102 e. The van der Waals surface area contributed by atoms with Gasteiger partial charge in [-0.3, -0.25) is 4.68 Å². The summed E-state index contributed by atoms with van der Waals surface area (Å²) >= 11 is 0. The van der Waals surface area contributed by atoms with E-state index in [0.717, 1.165) is 11.4 Å². The van der Waals surface area contributed by atoms with E-state index in [2.05, 4.69) is 34.7 Å². The molecule has 0 atom stereocenters. The van der Waals surface area contributed by atoms with Crippen molar-refractivity contribution >= 4 is 5.69 Å². The highest BCUT2D eigenvalue weighted by atomic mass is 15.4. The molecule has 0 fully saturated rings. The zero-order valence-corrected chi connectivity index (χ0v) is 8.94. The molecule has 0 aliphatic rings. The van der Waals surface area contributed by atoms with Gasteiger partial charge in [-0.15, -0.1) is 5.10 Å². The first-order chi connectivity index (χ1) is 7.25. The third kappa shape index (κ3) is 2.34. The summed E-state index contributed by atoms with van der Waals surface area (Å²) in [4.78, 5) is 0. The molecule has 1 heterocycles. The SMILES string of the molecule is Cc1ccccc1NCc1cn(C)nn1. The fourth-order valence-electron chi connectivity index (χ4n) is 1.43. The van der Waals surface area contributed by atoms with Gasteiger partial charge >= 0.3 is 0 Å². The molecule has 2 aromatic rings. The van der Waals surface area contributed by atoms with Crippen molar-refractivity contribution < 1.29 is 0 Å². The molecule has 4 heteroatoms. The number of nitrogens with zero attached hydrogens (tertiary/aromatic N) is 3. The number of rotatable bonds is 3. The van der Waals surface area contributed by atoms with Crippen LogP contribution < -0.4 is 5.32 Å². The van der Waals surface area contributed by atoms with E-state index in [1.54, 1.807) is 4.68 Å². The molecule has 4 nitrogen and oxygen atoms in total. The molecule has 78 valence electrons. The number of aromatic nitrogens is 3. The Balaban J connectivity index is 2.02. The Hall–Kier alpha value is -1.84. The van der Waals surface area contributed by atoms with Gasteiger partial charge < -0.3 is 5.32 Å². The second kappa shape index (κ2) is 4.13. The van der Waals surface area contributed by atoms with E-state index >= 15 is 0 Å². The summed E-state index contributed by atoms with van der Waals surface area (Å²) in [6, 6.07) is 8.19. The summed E-state index contributed by atoms with van der Waals surface area (Å²) in [7, 11) is 1.87. The van der Waals surface area contributed by atoms with Crippen LogP contribution in [0.4, 0.5) is 5.69 Å². The van der Waals surface area contributed by atoms with E-state index in [9.17, 15) is 0 Å². The molecule has 0 bridgehead atoms. The van der Waals surface area contributed by atoms with Crippen LogP contribution in [0.25, 0.3) is 0 Å². The molecule has 1 aromatic heterocycles. The molecule has 0 spiro atoms. The van der Waals surface area contributed by atoms with Crippen LogP contribution >= 0.6 is 0 Å². The predicted molar refractivity (Wildman–Crippen MR) is 59.5 cm³/mol. The van der Waals surface area contributed by atoms with E-state index in [4.69, 9.17) is 0 Å². The lowest BCUT2D eigenvalue weighted by atomic mass is 10.2. The molecule has 0 amide bonds. The fraction of sp³-hybridized carbons (Fsp3) is 0.273. The van der Waals surface area contributed by atoms with E-state index in [1.165, 1.54) is 5.56 Å². The number of benzene rings is 1. The summed E-state index contributed by atoms with van der Waals surface area (Å²) in [6.45, 7) is 2.79. The van der Waals surface area contributed by atoms with Crippen LogP contribution in [0.5, 0.6) is 0 Å². The Morgan fingerprint density at radius 2 is 2.13 bits per heavy atom. The van der Waals surface area contributed by atoms with Gasteiger partial charge in [-0.2, -0.15) is 0 Å². The van der Waals surface area contributed by atoms with Crippen molar-refractivity contribution in [3.05, 3.63) is 41.7 Å².